The zero-order valence-corrected chi connectivity index (χ0v) is 13.4. The third-order valence-electron chi connectivity index (χ3n) is 3.52. The number of rotatable bonds is 6. The lowest BCUT2D eigenvalue weighted by Crippen LogP contribution is -2.27. The molecule has 0 saturated carbocycles. The molecule has 1 aliphatic heterocycles. The van der Waals surface area contributed by atoms with Crippen molar-refractivity contribution in [1.29, 1.82) is 0 Å². The van der Waals surface area contributed by atoms with Gasteiger partial charge in [-0.3, -0.25) is 4.57 Å². The van der Waals surface area contributed by atoms with Crippen LogP contribution in [0.15, 0.2) is 12.9 Å². The molecule has 118 valence electrons. The van der Waals surface area contributed by atoms with E-state index in [1.165, 1.54) is 0 Å². The number of aromatic nitrogens is 2. The summed E-state index contributed by atoms with van der Waals surface area (Å²) in [5.41, 5.74) is 2.66. The fraction of sp³-hybridized carbons (Fsp3) is 0.615. The van der Waals surface area contributed by atoms with E-state index in [0.29, 0.717) is 13.0 Å². The first-order valence-electron chi connectivity index (χ1n) is 6.67. The van der Waals surface area contributed by atoms with Crippen LogP contribution < -0.4 is 0 Å². The number of methoxy groups -OCH3 is 1. The monoisotopic (exact) mass is 316 g/mol. The van der Waals surface area contributed by atoms with E-state index in [0.717, 1.165) is 17.0 Å². The second-order valence-corrected chi connectivity index (χ2v) is 5.88. The van der Waals surface area contributed by atoms with Gasteiger partial charge in [-0.05, 0) is 19.4 Å². The molecule has 21 heavy (non-hydrogen) atoms. The van der Waals surface area contributed by atoms with E-state index in [1.807, 2.05) is 18.4 Å². The van der Waals surface area contributed by atoms with Crippen LogP contribution in [0.5, 0.6) is 0 Å². The Balaban J connectivity index is 2.18. The Hall–Kier alpha value is -0.980. The van der Waals surface area contributed by atoms with Gasteiger partial charge in [0.25, 0.3) is 0 Å². The van der Waals surface area contributed by atoms with E-state index >= 15 is 0 Å². The van der Waals surface area contributed by atoms with E-state index in [4.69, 9.17) is 18.9 Å². The Kier molecular flexibility index (Phi) is 5.35. The SMILES string of the molecule is C=C(C)c1ncn([C@H]2CC(O[PH](=O)O)[C@@H](COC)O2)c1C. The summed E-state index contributed by atoms with van der Waals surface area (Å²) in [5, 5.41) is 0. The highest BCUT2D eigenvalue weighted by Gasteiger charge is 2.38. The van der Waals surface area contributed by atoms with Gasteiger partial charge >= 0.3 is 8.25 Å². The highest BCUT2D eigenvalue weighted by Crippen LogP contribution is 2.36. The second-order valence-electron chi connectivity index (χ2n) is 5.11. The van der Waals surface area contributed by atoms with Crippen molar-refractivity contribution in [2.75, 3.05) is 13.7 Å². The first-order valence-corrected chi connectivity index (χ1v) is 7.93. The largest absolute Gasteiger partial charge is 0.382 e. The van der Waals surface area contributed by atoms with Gasteiger partial charge in [0.15, 0.2) is 0 Å². The molecule has 1 aromatic rings. The van der Waals surface area contributed by atoms with Crippen LogP contribution in [-0.4, -0.2) is 40.4 Å². The summed E-state index contributed by atoms with van der Waals surface area (Å²) in [4.78, 5) is 13.3. The van der Waals surface area contributed by atoms with Gasteiger partial charge in [-0.15, -0.1) is 0 Å². The predicted octanol–water partition coefficient (Wildman–Crippen LogP) is 1.93. The van der Waals surface area contributed by atoms with Crippen LogP contribution in [-0.2, 0) is 18.6 Å². The summed E-state index contributed by atoms with van der Waals surface area (Å²) in [5.74, 6) is 0. The Bertz CT molecular complexity index is 545. The van der Waals surface area contributed by atoms with E-state index in [1.54, 1.807) is 13.4 Å². The zero-order chi connectivity index (χ0) is 15.6. The van der Waals surface area contributed by atoms with Crippen LogP contribution in [0.4, 0.5) is 0 Å². The normalized spacial score (nSPS) is 27.0. The standard InChI is InChI=1S/C13H21N2O5P/c1-8(2)13-9(3)15(7-14-13)12-5-10(20-21(16)17)11(19-12)6-18-4/h7,10-12,21H,1,5-6H2,2-4H3,(H,16,17)/t10?,11-,12-/m1/s1. The van der Waals surface area contributed by atoms with Gasteiger partial charge in [0.1, 0.15) is 12.3 Å². The van der Waals surface area contributed by atoms with Gasteiger partial charge in [-0.2, -0.15) is 0 Å². The maximum Gasteiger partial charge on any atom is 0.316 e. The number of hydrogen-bond donors (Lipinski definition) is 1. The average Bonchev–Trinajstić information content (AvgIpc) is 2.93. The average molecular weight is 316 g/mol. The molecule has 1 saturated heterocycles. The minimum Gasteiger partial charge on any atom is -0.382 e. The minimum absolute atomic E-state index is 0.294. The molecular weight excluding hydrogens is 295 g/mol. The molecule has 7 nitrogen and oxygen atoms in total. The van der Waals surface area contributed by atoms with Crippen LogP contribution in [0, 0.1) is 6.92 Å². The number of ether oxygens (including phenoxy) is 2. The number of nitrogens with zero attached hydrogens (tertiary/aromatic N) is 2. The van der Waals surface area contributed by atoms with Crippen molar-refractivity contribution < 1.29 is 23.5 Å². The van der Waals surface area contributed by atoms with E-state index in [-0.39, 0.29) is 12.3 Å². The fourth-order valence-corrected chi connectivity index (χ4v) is 3.08. The summed E-state index contributed by atoms with van der Waals surface area (Å²) in [6.45, 7) is 8.03. The van der Waals surface area contributed by atoms with E-state index < -0.39 is 14.4 Å². The quantitative estimate of drug-likeness (QED) is 0.807. The Labute approximate surface area is 124 Å². The molecule has 0 aliphatic carbocycles. The molecule has 0 amide bonds. The topological polar surface area (TPSA) is 82.8 Å². The predicted molar refractivity (Wildman–Crippen MR) is 78.2 cm³/mol. The molecule has 0 radical (unpaired) electrons. The highest BCUT2D eigenvalue weighted by molar-refractivity contribution is 7.32. The molecule has 0 aromatic carbocycles. The van der Waals surface area contributed by atoms with Crippen LogP contribution in [0.1, 0.15) is 31.0 Å². The van der Waals surface area contributed by atoms with Gasteiger partial charge in [0, 0.05) is 19.2 Å². The van der Waals surface area contributed by atoms with Crippen molar-refractivity contribution >= 4 is 13.8 Å². The minimum atomic E-state index is -3.02. The molecule has 2 unspecified atom stereocenters. The first kappa shape index (κ1) is 16.4. The number of allylic oxidation sites excluding steroid dienone is 1. The summed E-state index contributed by atoms with van der Waals surface area (Å²) >= 11 is 0. The van der Waals surface area contributed by atoms with E-state index in [9.17, 15) is 4.57 Å². The third kappa shape index (κ3) is 3.62. The maximum atomic E-state index is 10.9. The molecule has 4 atom stereocenters. The van der Waals surface area contributed by atoms with E-state index in [2.05, 4.69) is 11.6 Å². The van der Waals surface area contributed by atoms with Crippen LogP contribution in [0.3, 0.4) is 0 Å². The lowest BCUT2D eigenvalue weighted by Gasteiger charge is -2.16. The lowest BCUT2D eigenvalue weighted by molar-refractivity contribution is -0.0503. The molecule has 1 aliphatic rings. The Morgan fingerprint density at radius 3 is 2.95 bits per heavy atom. The van der Waals surface area contributed by atoms with Gasteiger partial charge in [0.05, 0.1) is 24.7 Å². The summed E-state index contributed by atoms with van der Waals surface area (Å²) in [7, 11) is -1.46. The van der Waals surface area contributed by atoms with Crippen molar-refractivity contribution in [3.63, 3.8) is 0 Å². The van der Waals surface area contributed by atoms with Crippen LogP contribution in [0.25, 0.3) is 5.57 Å². The lowest BCUT2D eigenvalue weighted by atomic mass is 10.2. The number of imidazole rings is 1. The molecule has 1 fully saturated rings. The summed E-state index contributed by atoms with van der Waals surface area (Å²) < 4.78 is 28.9. The van der Waals surface area contributed by atoms with Crippen molar-refractivity contribution in [3.05, 3.63) is 24.3 Å². The molecule has 1 N–H and O–H groups in total. The molecule has 8 heteroatoms. The fourth-order valence-electron chi connectivity index (χ4n) is 2.57. The molecule has 0 spiro atoms. The summed E-state index contributed by atoms with van der Waals surface area (Å²) in [6, 6.07) is 0. The third-order valence-corrected chi connectivity index (χ3v) is 4.02. The molecule has 2 rings (SSSR count). The molecule has 1 aromatic heterocycles. The van der Waals surface area contributed by atoms with Crippen LogP contribution >= 0.6 is 8.25 Å². The van der Waals surface area contributed by atoms with Crippen molar-refractivity contribution in [1.82, 2.24) is 9.55 Å². The van der Waals surface area contributed by atoms with Crippen LogP contribution in [0.2, 0.25) is 0 Å². The van der Waals surface area contributed by atoms with Crippen molar-refractivity contribution in [2.45, 2.75) is 38.7 Å². The second kappa shape index (κ2) is 6.85. The number of hydrogen-bond acceptors (Lipinski definition) is 5. The Morgan fingerprint density at radius 2 is 2.43 bits per heavy atom. The van der Waals surface area contributed by atoms with Gasteiger partial charge in [0.2, 0.25) is 0 Å². The highest BCUT2D eigenvalue weighted by atomic mass is 31.1. The molecule has 2 heterocycles. The smallest absolute Gasteiger partial charge is 0.316 e. The molecule has 0 bridgehead atoms. The van der Waals surface area contributed by atoms with Gasteiger partial charge < -0.3 is 23.5 Å². The summed E-state index contributed by atoms with van der Waals surface area (Å²) in [6.07, 6.45) is 1.02. The van der Waals surface area contributed by atoms with Gasteiger partial charge in [-0.25, -0.2) is 4.98 Å². The molecular formula is C13H21N2O5P. The van der Waals surface area contributed by atoms with Gasteiger partial charge in [-0.1, -0.05) is 6.58 Å². The van der Waals surface area contributed by atoms with Crippen molar-refractivity contribution in [3.8, 4) is 0 Å². The zero-order valence-electron chi connectivity index (χ0n) is 12.4. The first-order chi connectivity index (χ1) is 9.93. The van der Waals surface area contributed by atoms with Crippen molar-refractivity contribution in [2.24, 2.45) is 0 Å². The Morgan fingerprint density at radius 1 is 1.71 bits per heavy atom. The maximum absolute atomic E-state index is 10.9.